The van der Waals surface area contributed by atoms with Gasteiger partial charge >= 0.3 is 0 Å². The molecule has 2 rings (SSSR count). The molecular weight excluding hydrogens is 284 g/mol. The van der Waals surface area contributed by atoms with Crippen LogP contribution in [0.5, 0.6) is 0 Å². The highest BCUT2D eigenvalue weighted by Crippen LogP contribution is 1.92. The van der Waals surface area contributed by atoms with Crippen molar-refractivity contribution in [3.63, 3.8) is 0 Å². The van der Waals surface area contributed by atoms with Gasteiger partial charge in [-0.05, 0) is 24.3 Å². The summed E-state index contributed by atoms with van der Waals surface area (Å²) in [5.74, 6) is -0.683. The Kier molecular flexibility index (Phi) is 5.68. The van der Waals surface area contributed by atoms with Crippen molar-refractivity contribution in [3.05, 3.63) is 48.0 Å². The molecule has 0 aliphatic rings. The van der Waals surface area contributed by atoms with Gasteiger partial charge in [-0.25, -0.2) is 10.9 Å². The average Bonchev–Trinajstić information content (AvgIpc) is 3.18. The number of carbonyl (C=O) groups excluding carboxylic acids is 2. The number of nitrogens with one attached hydrogen (secondary N) is 4. The summed E-state index contributed by atoms with van der Waals surface area (Å²) in [5.41, 5.74) is 6.23. The summed E-state index contributed by atoms with van der Waals surface area (Å²) in [6.45, 7) is 0. The van der Waals surface area contributed by atoms with Crippen LogP contribution in [0.2, 0.25) is 0 Å². The molecule has 2 aromatic heterocycles. The van der Waals surface area contributed by atoms with E-state index in [2.05, 4.69) is 31.0 Å². The summed E-state index contributed by atoms with van der Waals surface area (Å²) in [4.78, 5) is 28.8. The number of aromatic amines is 2. The van der Waals surface area contributed by atoms with Crippen LogP contribution < -0.4 is 10.9 Å². The van der Waals surface area contributed by atoms with Gasteiger partial charge in [-0.15, -0.1) is 0 Å². The Bertz CT molecular complexity index is 585. The summed E-state index contributed by atoms with van der Waals surface area (Å²) < 4.78 is 0. The number of hydrogen-bond acceptors (Lipinski definition) is 4. The first-order chi connectivity index (χ1) is 10.7. The molecule has 4 N–H and O–H groups in total. The number of H-pyrrole nitrogens is 2. The van der Waals surface area contributed by atoms with Crippen molar-refractivity contribution in [2.45, 2.75) is 12.8 Å². The van der Waals surface area contributed by atoms with Gasteiger partial charge < -0.3 is 9.97 Å². The first-order valence-corrected chi connectivity index (χ1v) is 6.64. The maximum atomic E-state index is 11.5. The van der Waals surface area contributed by atoms with Crippen LogP contribution in [0, 0.1) is 0 Å². The van der Waals surface area contributed by atoms with Crippen LogP contribution >= 0.6 is 0 Å². The van der Waals surface area contributed by atoms with Crippen molar-refractivity contribution >= 4 is 24.2 Å². The molecule has 0 saturated heterocycles. The standard InChI is InChI=1S/C14H16N6O2/c21-13(19-17-9-11-3-1-7-15-11)5-6-14(22)20-18-10-12-4-2-8-16-12/h1-4,7-10,15-16H,5-6H2,(H,19,21)(H,20,22)/b17-9-,18-10-. The minimum absolute atomic E-state index is 0.0337. The van der Waals surface area contributed by atoms with Crippen LogP contribution in [0.1, 0.15) is 24.2 Å². The molecule has 0 bridgehead atoms. The molecule has 0 unspecified atom stereocenters. The van der Waals surface area contributed by atoms with Gasteiger partial charge in [0, 0.05) is 25.2 Å². The lowest BCUT2D eigenvalue weighted by molar-refractivity contribution is -0.126. The SMILES string of the molecule is O=C(CCC(=O)N/N=C\c1ccc[nH]1)N/N=C\c1ccc[nH]1. The summed E-state index contributed by atoms with van der Waals surface area (Å²) in [6.07, 6.45) is 6.54. The second kappa shape index (κ2) is 8.20. The highest BCUT2D eigenvalue weighted by molar-refractivity contribution is 5.85. The molecule has 2 heterocycles. The third kappa shape index (κ3) is 5.45. The second-order valence-corrected chi connectivity index (χ2v) is 4.34. The number of amides is 2. The molecule has 0 atom stereocenters. The molecule has 0 aliphatic carbocycles. The van der Waals surface area contributed by atoms with E-state index in [4.69, 9.17) is 0 Å². The van der Waals surface area contributed by atoms with Gasteiger partial charge in [0.15, 0.2) is 0 Å². The number of nitrogens with zero attached hydrogens (tertiary/aromatic N) is 2. The molecule has 0 spiro atoms. The highest BCUT2D eigenvalue weighted by Gasteiger charge is 2.05. The van der Waals surface area contributed by atoms with E-state index in [0.29, 0.717) is 0 Å². The van der Waals surface area contributed by atoms with Gasteiger partial charge in [0.05, 0.1) is 23.8 Å². The van der Waals surface area contributed by atoms with Crippen molar-refractivity contribution < 1.29 is 9.59 Å². The zero-order valence-corrected chi connectivity index (χ0v) is 11.7. The summed E-state index contributed by atoms with van der Waals surface area (Å²) in [7, 11) is 0. The molecule has 2 amide bonds. The lowest BCUT2D eigenvalue weighted by Crippen LogP contribution is -2.22. The first kappa shape index (κ1) is 15.2. The predicted octanol–water partition coefficient (Wildman–Crippen LogP) is 0.723. The second-order valence-electron chi connectivity index (χ2n) is 4.34. The molecule has 0 saturated carbocycles. The quantitative estimate of drug-likeness (QED) is 0.446. The van der Waals surface area contributed by atoms with E-state index in [-0.39, 0.29) is 24.7 Å². The Hall–Kier alpha value is -3.16. The summed E-state index contributed by atoms with van der Waals surface area (Å²) in [5, 5.41) is 7.53. The van der Waals surface area contributed by atoms with E-state index in [0.717, 1.165) is 11.4 Å². The predicted molar refractivity (Wildman–Crippen MR) is 82.3 cm³/mol. The maximum Gasteiger partial charge on any atom is 0.240 e. The van der Waals surface area contributed by atoms with E-state index in [9.17, 15) is 9.59 Å². The average molecular weight is 300 g/mol. The molecule has 0 fully saturated rings. The molecular formula is C14H16N6O2. The molecule has 114 valence electrons. The topological polar surface area (TPSA) is 114 Å². The minimum Gasteiger partial charge on any atom is -0.360 e. The zero-order chi connectivity index (χ0) is 15.6. The number of hydrazone groups is 2. The lowest BCUT2D eigenvalue weighted by Gasteiger charge is -1.99. The van der Waals surface area contributed by atoms with E-state index < -0.39 is 0 Å². The van der Waals surface area contributed by atoms with Crippen LogP contribution in [-0.4, -0.2) is 34.2 Å². The smallest absolute Gasteiger partial charge is 0.240 e. The van der Waals surface area contributed by atoms with Crippen LogP contribution in [0.25, 0.3) is 0 Å². The third-order valence-corrected chi connectivity index (χ3v) is 2.61. The Balaban J connectivity index is 1.62. The fraction of sp³-hybridized carbons (Fsp3) is 0.143. The highest BCUT2D eigenvalue weighted by atomic mass is 16.2. The molecule has 22 heavy (non-hydrogen) atoms. The van der Waals surface area contributed by atoms with Gasteiger partial charge in [0.2, 0.25) is 11.8 Å². The van der Waals surface area contributed by atoms with Crippen LogP contribution in [0.15, 0.2) is 46.9 Å². The minimum atomic E-state index is -0.341. The van der Waals surface area contributed by atoms with Crippen molar-refractivity contribution in [2.24, 2.45) is 10.2 Å². The Morgan fingerprint density at radius 1 is 0.909 bits per heavy atom. The molecule has 2 aromatic rings. The fourth-order valence-electron chi connectivity index (χ4n) is 1.54. The third-order valence-electron chi connectivity index (χ3n) is 2.61. The van der Waals surface area contributed by atoms with Gasteiger partial charge in [0.1, 0.15) is 0 Å². The van der Waals surface area contributed by atoms with Crippen LogP contribution in [0.4, 0.5) is 0 Å². The molecule has 0 aliphatic heterocycles. The van der Waals surface area contributed by atoms with Gasteiger partial charge in [-0.2, -0.15) is 10.2 Å². The monoisotopic (exact) mass is 300 g/mol. The van der Waals surface area contributed by atoms with Gasteiger partial charge in [-0.1, -0.05) is 0 Å². The largest absolute Gasteiger partial charge is 0.360 e. The zero-order valence-electron chi connectivity index (χ0n) is 11.7. The molecule has 0 aromatic carbocycles. The van der Waals surface area contributed by atoms with Crippen molar-refractivity contribution in [1.29, 1.82) is 0 Å². The Morgan fingerprint density at radius 3 is 1.73 bits per heavy atom. The number of carbonyl (C=O) groups is 2. The van der Waals surface area contributed by atoms with E-state index in [1.807, 2.05) is 24.3 Å². The van der Waals surface area contributed by atoms with Gasteiger partial charge in [-0.3, -0.25) is 9.59 Å². The van der Waals surface area contributed by atoms with E-state index >= 15 is 0 Å². The van der Waals surface area contributed by atoms with Crippen molar-refractivity contribution in [2.75, 3.05) is 0 Å². The normalized spacial score (nSPS) is 11.1. The van der Waals surface area contributed by atoms with E-state index in [1.165, 1.54) is 12.4 Å². The van der Waals surface area contributed by atoms with E-state index in [1.54, 1.807) is 12.4 Å². The van der Waals surface area contributed by atoms with Crippen LogP contribution in [0.3, 0.4) is 0 Å². The number of rotatable bonds is 7. The Morgan fingerprint density at radius 2 is 1.36 bits per heavy atom. The van der Waals surface area contributed by atoms with Crippen LogP contribution in [-0.2, 0) is 9.59 Å². The molecule has 8 nitrogen and oxygen atoms in total. The summed E-state index contributed by atoms with van der Waals surface area (Å²) >= 11 is 0. The summed E-state index contributed by atoms with van der Waals surface area (Å²) in [6, 6.07) is 7.26. The first-order valence-electron chi connectivity index (χ1n) is 6.64. The fourth-order valence-corrected chi connectivity index (χ4v) is 1.54. The molecule has 8 heteroatoms. The van der Waals surface area contributed by atoms with Crippen molar-refractivity contribution in [1.82, 2.24) is 20.8 Å². The number of hydrogen-bond donors (Lipinski definition) is 4. The van der Waals surface area contributed by atoms with Crippen molar-refractivity contribution in [3.8, 4) is 0 Å². The molecule has 0 radical (unpaired) electrons. The Labute approximate surface area is 126 Å². The maximum absolute atomic E-state index is 11.5. The number of aromatic nitrogens is 2. The van der Waals surface area contributed by atoms with Gasteiger partial charge in [0.25, 0.3) is 0 Å². The lowest BCUT2D eigenvalue weighted by atomic mass is 10.3.